The molecule has 5 rings (SSSR count). The maximum atomic E-state index is 13.6. The van der Waals surface area contributed by atoms with Gasteiger partial charge in [0.1, 0.15) is 11.3 Å². The van der Waals surface area contributed by atoms with Crippen molar-refractivity contribution in [1.29, 1.82) is 0 Å². The molecule has 9 nitrogen and oxygen atoms in total. The largest absolute Gasteiger partial charge is 0.395 e. The number of halogens is 2. The lowest BCUT2D eigenvalue weighted by Crippen LogP contribution is -2.32. The second-order valence-corrected chi connectivity index (χ2v) is 11.7. The Labute approximate surface area is 225 Å². The summed E-state index contributed by atoms with van der Waals surface area (Å²) in [5.74, 6) is 0.113. The first-order valence-electron chi connectivity index (χ1n) is 13.1. The number of imidazole rings is 1. The van der Waals surface area contributed by atoms with Gasteiger partial charge < -0.3 is 19.9 Å². The number of nitrogens with zero attached hydrogens (tertiary/aromatic N) is 3. The van der Waals surface area contributed by atoms with Gasteiger partial charge in [-0.3, -0.25) is 9.52 Å². The molecule has 0 spiro atoms. The van der Waals surface area contributed by atoms with Crippen molar-refractivity contribution in [1.82, 2.24) is 9.55 Å². The van der Waals surface area contributed by atoms with Gasteiger partial charge in [-0.1, -0.05) is 12.5 Å². The number of aryl methyl sites for hydroxylation is 2. The number of hydrogen-bond acceptors (Lipinski definition) is 6. The molecule has 0 aliphatic carbocycles. The third-order valence-electron chi connectivity index (χ3n) is 7.24. The first-order valence-corrected chi connectivity index (χ1v) is 14.7. The lowest BCUT2D eigenvalue weighted by Gasteiger charge is -2.31. The molecular weight excluding hydrogens is 528 g/mol. The number of para-hydroxylation sites is 1. The third-order valence-corrected chi connectivity index (χ3v) is 8.51. The summed E-state index contributed by atoms with van der Waals surface area (Å²) in [6.45, 7) is 0.847. The van der Waals surface area contributed by atoms with Crippen LogP contribution in [-0.4, -0.2) is 54.4 Å². The Bertz CT molecular complexity index is 1520. The number of aromatic nitrogens is 2. The molecule has 1 saturated heterocycles. The summed E-state index contributed by atoms with van der Waals surface area (Å²) in [6, 6.07) is 10.2. The Morgan fingerprint density at radius 1 is 1.03 bits per heavy atom. The van der Waals surface area contributed by atoms with E-state index in [2.05, 4.69) is 14.6 Å². The van der Waals surface area contributed by atoms with E-state index in [9.17, 15) is 22.0 Å². The maximum Gasteiger partial charge on any atom is 0.269 e. The fraction of sp³-hybridized carbons (Fsp3) is 0.407. The summed E-state index contributed by atoms with van der Waals surface area (Å²) < 4.78 is 55.4. The zero-order valence-corrected chi connectivity index (χ0v) is 22.2. The van der Waals surface area contributed by atoms with Crippen LogP contribution in [0, 0.1) is 0 Å². The van der Waals surface area contributed by atoms with E-state index in [1.807, 2.05) is 17.0 Å². The number of carbonyl (C=O) groups is 1. The predicted octanol–water partition coefficient (Wildman–Crippen LogP) is 4.50. The van der Waals surface area contributed by atoms with Gasteiger partial charge in [-0.05, 0) is 61.6 Å². The van der Waals surface area contributed by atoms with E-state index in [1.54, 1.807) is 6.07 Å². The van der Waals surface area contributed by atoms with Gasteiger partial charge in [0.15, 0.2) is 0 Å². The molecule has 1 amide bonds. The minimum atomic E-state index is -3.80. The highest BCUT2D eigenvalue weighted by Gasteiger charge is 2.24. The van der Waals surface area contributed by atoms with Crippen molar-refractivity contribution in [3.8, 4) is 0 Å². The molecule has 3 aromatic rings. The van der Waals surface area contributed by atoms with Gasteiger partial charge in [0.25, 0.3) is 12.0 Å². The summed E-state index contributed by atoms with van der Waals surface area (Å²) in [5.41, 5.74) is 3.26. The molecule has 0 atom stereocenters. The molecule has 0 saturated carbocycles. The van der Waals surface area contributed by atoms with Gasteiger partial charge in [0.05, 0.1) is 40.5 Å². The molecule has 3 heterocycles. The Balaban J connectivity index is 1.47. The molecule has 1 fully saturated rings. The van der Waals surface area contributed by atoms with E-state index in [4.69, 9.17) is 10.1 Å². The number of hydrogen-bond donors (Lipinski definition) is 3. The van der Waals surface area contributed by atoms with Crippen molar-refractivity contribution in [3.63, 3.8) is 0 Å². The normalized spacial score (nSPS) is 16.1. The number of carbonyl (C=O) groups excluding carboxylic acids is 1. The fourth-order valence-corrected chi connectivity index (χ4v) is 6.09. The number of piperidine rings is 1. The molecule has 2 aliphatic rings. The molecule has 0 unspecified atom stereocenters. The van der Waals surface area contributed by atoms with E-state index in [0.717, 1.165) is 43.6 Å². The lowest BCUT2D eigenvalue weighted by atomic mass is 10.0. The number of rotatable bonds is 7. The monoisotopic (exact) mass is 559 g/mol. The van der Waals surface area contributed by atoms with Crippen molar-refractivity contribution in [2.24, 2.45) is 0 Å². The average Bonchev–Trinajstić information content (AvgIpc) is 3.10. The summed E-state index contributed by atoms with van der Waals surface area (Å²) in [7, 11) is -3.80. The molecule has 2 aromatic carbocycles. The quantitative estimate of drug-likeness (QED) is 0.393. The number of anilines is 3. The number of fused-ring (bicyclic) bond motifs is 3. The molecule has 39 heavy (non-hydrogen) atoms. The van der Waals surface area contributed by atoms with Crippen LogP contribution in [0.4, 0.5) is 25.8 Å². The molecule has 1 aromatic heterocycles. The van der Waals surface area contributed by atoms with Crippen molar-refractivity contribution in [2.75, 3.05) is 40.4 Å². The Hall–Kier alpha value is -3.51. The van der Waals surface area contributed by atoms with Gasteiger partial charge in [0, 0.05) is 26.1 Å². The molecule has 12 heteroatoms. The van der Waals surface area contributed by atoms with E-state index in [-0.39, 0.29) is 42.8 Å². The minimum absolute atomic E-state index is 0.0864. The zero-order valence-electron chi connectivity index (χ0n) is 21.4. The van der Waals surface area contributed by atoms with Crippen LogP contribution >= 0.6 is 0 Å². The van der Waals surface area contributed by atoms with Gasteiger partial charge >= 0.3 is 0 Å². The molecule has 0 bridgehead atoms. The van der Waals surface area contributed by atoms with E-state index in [1.165, 1.54) is 18.2 Å². The highest BCUT2D eigenvalue weighted by atomic mass is 32.2. The zero-order chi connectivity index (χ0) is 27.6. The number of amides is 1. The standard InChI is InChI=1S/C27H31F2N5O4S/c28-26(29)18-10-13-33(14-11-18)23-17-19(32-39(37,38)16-15-35)8-9-20(23)27(36)30-21-5-4-6-22-25(21)31-24-7-2-1-3-12-34(22)24/h4-6,8-9,17,32,35H,1-3,7,10-16H2,(H,30,36). The van der Waals surface area contributed by atoms with Gasteiger partial charge in [-0.25, -0.2) is 13.4 Å². The summed E-state index contributed by atoms with van der Waals surface area (Å²) in [4.78, 5) is 20.3. The van der Waals surface area contributed by atoms with Gasteiger partial charge in [-0.2, -0.15) is 8.78 Å². The number of aliphatic hydroxyl groups excluding tert-OH is 1. The summed E-state index contributed by atoms with van der Waals surface area (Å²) in [5, 5.41) is 12.0. The van der Waals surface area contributed by atoms with E-state index < -0.39 is 34.4 Å². The number of nitrogens with one attached hydrogen (secondary N) is 2. The first kappa shape index (κ1) is 27.1. The highest BCUT2D eigenvalue weighted by Crippen LogP contribution is 2.33. The molecule has 2 aliphatic heterocycles. The molecule has 3 N–H and O–H groups in total. The van der Waals surface area contributed by atoms with Crippen molar-refractivity contribution >= 4 is 44.0 Å². The molecule has 208 valence electrons. The second kappa shape index (κ2) is 11.3. The fourth-order valence-electron chi connectivity index (χ4n) is 5.26. The van der Waals surface area contributed by atoms with Gasteiger partial charge in [0.2, 0.25) is 10.0 Å². The minimum Gasteiger partial charge on any atom is -0.395 e. The maximum absolute atomic E-state index is 13.6. The van der Waals surface area contributed by atoms with Crippen LogP contribution in [0.1, 0.15) is 48.3 Å². The van der Waals surface area contributed by atoms with Gasteiger partial charge in [-0.15, -0.1) is 0 Å². The van der Waals surface area contributed by atoms with Crippen LogP contribution in [0.5, 0.6) is 0 Å². The van der Waals surface area contributed by atoms with E-state index >= 15 is 0 Å². The highest BCUT2D eigenvalue weighted by molar-refractivity contribution is 7.92. The van der Waals surface area contributed by atoms with Crippen LogP contribution in [0.2, 0.25) is 0 Å². The summed E-state index contributed by atoms with van der Waals surface area (Å²) >= 11 is 0. The number of sulfonamides is 1. The first-order chi connectivity index (χ1) is 18.8. The topological polar surface area (TPSA) is 117 Å². The molecule has 0 radical (unpaired) electrons. The van der Waals surface area contributed by atoms with Crippen LogP contribution < -0.4 is 14.9 Å². The van der Waals surface area contributed by atoms with Crippen LogP contribution in [-0.2, 0) is 23.0 Å². The number of aliphatic hydroxyl groups is 1. The van der Waals surface area contributed by atoms with Crippen molar-refractivity contribution in [3.05, 3.63) is 59.4 Å². The van der Waals surface area contributed by atoms with Crippen molar-refractivity contribution in [2.45, 2.75) is 45.1 Å². The van der Waals surface area contributed by atoms with Crippen LogP contribution in [0.3, 0.4) is 0 Å². The Morgan fingerprint density at radius 2 is 1.82 bits per heavy atom. The third kappa shape index (κ3) is 5.91. The van der Waals surface area contributed by atoms with Crippen molar-refractivity contribution < 1.29 is 27.1 Å². The lowest BCUT2D eigenvalue weighted by molar-refractivity contribution is 0.102. The van der Waals surface area contributed by atoms with Crippen LogP contribution in [0.25, 0.3) is 11.0 Å². The Morgan fingerprint density at radius 3 is 2.56 bits per heavy atom. The van der Waals surface area contributed by atoms with Crippen LogP contribution in [0.15, 0.2) is 48.1 Å². The number of benzene rings is 2. The summed E-state index contributed by atoms with van der Waals surface area (Å²) in [6.07, 6.45) is 2.79. The SMILES string of the molecule is O=C(Nc1cccc2c1nc1n2CCCCC1)c1ccc(NS(=O)(=O)CCO)cc1N1CCC(=C(F)F)CC1. The molecular formula is C27H31F2N5O4S. The second-order valence-electron chi connectivity index (χ2n) is 9.85. The predicted molar refractivity (Wildman–Crippen MR) is 147 cm³/mol. The smallest absolute Gasteiger partial charge is 0.269 e. The Kier molecular flexibility index (Phi) is 7.85. The van der Waals surface area contributed by atoms with E-state index in [0.29, 0.717) is 16.9 Å². The average molecular weight is 560 g/mol.